The molecule has 0 bridgehead atoms. The quantitative estimate of drug-likeness (QED) is 0.565. The first-order valence-corrected chi connectivity index (χ1v) is 10.9. The Balaban J connectivity index is 0.000000271. The second-order valence-electron chi connectivity index (χ2n) is 8.19. The van der Waals surface area contributed by atoms with E-state index >= 15 is 0 Å². The number of hydrogen-bond acceptors (Lipinski definition) is 7. The molecule has 0 spiro atoms. The Morgan fingerprint density at radius 1 is 1.00 bits per heavy atom. The molecule has 3 fully saturated rings. The SMILES string of the molecule is O=C(O)C(F)(F)F.O=C(O)C(F)(F)F.c1cc(OC[C@@H]2CO[C@@H]3CN(C4CCOCC4)C[C@H]23)ccn1. The zero-order chi connectivity index (χ0) is 26.9. The van der Waals surface area contributed by atoms with Gasteiger partial charge in [-0.1, -0.05) is 0 Å². The molecule has 204 valence electrons. The summed E-state index contributed by atoms with van der Waals surface area (Å²) < 4.78 is 80.9. The van der Waals surface area contributed by atoms with E-state index in [0.29, 0.717) is 24.0 Å². The lowest BCUT2D eigenvalue weighted by Crippen LogP contribution is -2.39. The number of likely N-dealkylation sites (tertiary alicyclic amines) is 1. The van der Waals surface area contributed by atoms with Crippen LogP contribution in [0.5, 0.6) is 5.75 Å². The van der Waals surface area contributed by atoms with E-state index in [2.05, 4.69) is 9.88 Å². The van der Waals surface area contributed by atoms with Gasteiger partial charge in [0.05, 0.1) is 19.3 Å². The molecule has 0 amide bonds. The fraction of sp³-hybridized carbons (Fsp3) is 0.667. The molecule has 9 nitrogen and oxygen atoms in total. The molecule has 3 saturated heterocycles. The number of halogens is 6. The Bertz CT molecular complexity index is 810. The van der Waals surface area contributed by atoms with Gasteiger partial charge in [-0.3, -0.25) is 9.88 Å². The molecule has 3 atom stereocenters. The van der Waals surface area contributed by atoms with Crippen molar-refractivity contribution in [2.75, 3.05) is 39.5 Å². The van der Waals surface area contributed by atoms with E-state index < -0.39 is 24.3 Å². The summed E-state index contributed by atoms with van der Waals surface area (Å²) in [5.74, 6) is -3.49. The van der Waals surface area contributed by atoms with Crippen molar-refractivity contribution in [2.24, 2.45) is 11.8 Å². The molecule has 0 saturated carbocycles. The van der Waals surface area contributed by atoms with E-state index in [1.165, 1.54) is 0 Å². The number of rotatable bonds is 4. The Labute approximate surface area is 201 Å². The summed E-state index contributed by atoms with van der Waals surface area (Å²) >= 11 is 0. The van der Waals surface area contributed by atoms with Crippen molar-refractivity contribution in [3.8, 4) is 5.75 Å². The van der Waals surface area contributed by atoms with Crippen molar-refractivity contribution in [3.63, 3.8) is 0 Å². The number of fused-ring (bicyclic) bond motifs is 1. The van der Waals surface area contributed by atoms with Crippen LogP contribution >= 0.6 is 0 Å². The summed E-state index contributed by atoms with van der Waals surface area (Å²) in [6.45, 7) is 5.63. The van der Waals surface area contributed by atoms with Crippen LogP contribution in [0.4, 0.5) is 26.3 Å². The number of aromatic nitrogens is 1. The van der Waals surface area contributed by atoms with E-state index in [4.69, 9.17) is 34.0 Å². The van der Waals surface area contributed by atoms with Crippen molar-refractivity contribution in [1.29, 1.82) is 0 Å². The average molecular weight is 532 g/mol. The highest BCUT2D eigenvalue weighted by Gasteiger charge is 2.45. The van der Waals surface area contributed by atoms with Crippen LogP contribution in [0.2, 0.25) is 0 Å². The van der Waals surface area contributed by atoms with Crippen molar-refractivity contribution in [2.45, 2.75) is 37.3 Å². The molecule has 0 aliphatic carbocycles. The first-order chi connectivity index (χ1) is 16.8. The third kappa shape index (κ3) is 9.43. The highest BCUT2D eigenvalue weighted by molar-refractivity contribution is 5.73. The normalized spacial score (nSPS) is 24.6. The minimum atomic E-state index is -5.08. The van der Waals surface area contributed by atoms with Crippen LogP contribution in [0.25, 0.3) is 0 Å². The molecule has 3 aliphatic rings. The maximum Gasteiger partial charge on any atom is 0.490 e. The summed E-state index contributed by atoms with van der Waals surface area (Å²) in [5.41, 5.74) is 0. The van der Waals surface area contributed by atoms with E-state index in [-0.39, 0.29) is 0 Å². The lowest BCUT2D eigenvalue weighted by Gasteiger charge is -2.31. The molecule has 0 unspecified atom stereocenters. The maximum atomic E-state index is 10.6. The first-order valence-electron chi connectivity index (χ1n) is 10.9. The number of pyridine rings is 1. The van der Waals surface area contributed by atoms with Gasteiger partial charge in [-0.15, -0.1) is 0 Å². The highest BCUT2D eigenvalue weighted by atomic mass is 19.4. The van der Waals surface area contributed by atoms with E-state index in [9.17, 15) is 26.3 Å². The number of hydrogen-bond donors (Lipinski definition) is 2. The number of ether oxygens (including phenoxy) is 3. The van der Waals surface area contributed by atoms with Gasteiger partial charge >= 0.3 is 24.3 Å². The Morgan fingerprint density at radius 3 is 2.03 bits per heavy atom. The van der Waals surface area contributed by atoms with Crippen molar-refractivity contribution in [3.05, 3.63) is 24.5 Å². The molecule has 4 heterocycles. The predicted octanol–water partition coefficient (Wildman–Crippen LogP) is 2.85. The van der Waals surface area contributed by atoms with Crippen molar-refractivity contribution in [1.82, 2.24) is 9.88 Å². The molecule has 0 aromatic carbocycles. The van der Waals surface area contributed by atoms with Gasteiger partial charge in [-0.05, 0) is 25.0 Å². The van der Waals surface area contributed by atoms with E-state index in [0.717, 1.165) is 58.1 Å². The Kier molecular flexibility index (Phi) is 10.7. The first kappa shape index (κ1) is 29.6. The Hall–Kier alpha value is -2.65. The summed E-state index contributed by atoms with van der Waals surface area (Å²) in [6, 6.07) is 4.51. The minimum Gasteiger partial charge on any atom is -0.493 e. The fourth-order valence-electron chi connectivity index (χ4n) is 3.99. The lowest BCUT2D eigenvalue weighted by molar-refractivity contribution is -0.193. The van der Waals surface area contributed by atoms with Gasteiger partial charge in [0.25, 0.3) is 0 Å². The third-order valence-corrected chi connectivity index (χ3v) is 5.77. The van der Waals surface area contributed by atoms with E-state index in [1.807, 2.05) is 12.1 Å². The molecule has 0 radical (unpaired) electrons. The molecule has 2 N–H and O–H groups in total. The number of alkyl halides is 6. The van der Waals surface area contributed by atoms with Crippen LogP contribution < -0.4 is 4.74 Å². The van der Waals surface area contributed by atoms with Gasteiger partial charge in [0.1, 0.15) is 5.75 Å². The zero-order valence-corrected chi connectivity index (χ0v) is 18.9. The molecule has 1 aromatic rings. The minimum absolute atomic E-state index is 0.397. The highest BCUT2D eigenvalue weighted by Crippen LogP contribution is 2.36. The van der Waals surface area contributed by atoms with Crippen LogP contribution in [0.1, 0.15) is 12.8 Å². The number of aliphatic carboxylic acids is 2. The molecule has 3 aliphatic heterocycles. The largest absolute Gasteiger partial charge is 0.493 e. The predicted molar refractivity (Wildman–Crippen MR) is 109 cm³/mol. The summed E-state index contributed by atoms with van der Waals surface area (Å²) in [4.78, 5) is 24.4. The maximum absolute atomic E-state index is 10.6. The summed E-state index contributed by atoms with van der Waals surface area (Å²) in [7, 11) is 0. The van der Waals surface area contributed by atoms with Crippen LogP contribution in [0.3, 0.4) is 0 Å². The molecular formula is C21H26F6N2O7. The molecule has 36 heavy (non-hydrogen) atoms. The lowest BCUT2D eigenvalue weighted by atomic mass is 9.94. The fourth-order valence-corrected chi connectivity index (χ4v) is 3.99. The number of nitrogens with zero attached hydrogens (tertiary/aromatic N) is 2. The molecule has 15 heteroatoms. The number of carboxylic acid groups (broad SMARTS) is 2. The van der Waals surface area contributed by atoms with Crippen molar-refractivity contribution < 1.29 is 60.4 Å². The van der Waals surface area contributed by atoms with Crippen LogP contribution in [0, 0.1) is 11.8 Å². The van der Waals surface area contributed by atoms with Crippen LogP contribution in [-0.2, 0) is 19.1 Å². The molecule has 1 aromatic heterocycles. The summed E-state index contributed by atoms with van der Waals surface area (Å²) in [5, 5.41) is 14.2. The number of carboxylic acids is 2. The third-order valence-electron chi connectivity index (χ3n) is 5.77. The standard InChI is InChI=1S/C17H24N2O3.2C2HF3O2/c1-5-18-6-2-15(1)21-11-13-12-22-17-10-19(9-16(13)17)14-3-7-20-8-4-14;2*3-2(4,5)1(6)7/h1-2,5-6,13-14,16-17H,3-4,7-12H2;2*(H,6,7)/t13-,16-,17-;;/m1../s1. The average Bonchev–Trinajstić information content (AvgIpc) is 3.40. The van der Waals surface area contributed by atoms with Gasteiger partial charge in [0.15, 0.2) is 0 Å². The Morgan fingerprint density at radius 2 is 1.53 bits per heavy atom. The van der Waals surface area contributed by atoms with Crippen LogP contribution in [0.15, 0.2) is 24.5 Å². The van der Waals surface area contributed by atoms with E-state index in [1.54, 1.807) is 12.4 Å². The van der Waals surface area contributed by atoms with Gasteiger partial charge in [0, 0.05) is 56.6 Å². The number of carbonyl (C=O) groups is 2. The van der Waals surface area contributed by atoms with Crippen LogP contribution in [-0.4, -0.2) is 96.1 Å². The van der Waals surface area contributed by atoms with Gasteiger partial charge in [0.2, 0.25) is 0 Å². The molecule has 4 rings (SSSR count). The second kappa shape index (κ2) is 13.1. The summed E-state index contributed by atoms with van der Waals surface area (Å²) in [6.07, 6.45) is -3.90. The van der Waals surface area contributed by atoms with Gasteiger partial charge in [-0.25, -0.2) is 9.59 Å². The van der Waals surface area contributed by atoms with Gasteiger partial charge < -0.3 is 24.4 Å². The monoisotopic (exact) mass is 532 g/mol. The van der Waals surface area contributed by atoms with Gasteiger partial charge in [-0.2, -0.15) is 26.3 Å². The molecular weight excluding hydrogens is 506 g/mol. The zero-order valence-electron chi connectivity index (χ0n) is 18.9. The topological polar surface area (TPSA) is 118 Å². The second-order valence-corrected chi connectivity index (χ2v) is 8.19. The smallest absolute Gasteiger partial charge is 0.490 e. The van der Waals surface area contributed by atoms with Crippen molar-refractivity contribution >= 4 is 11.9 Å².